The molecule has 1 aliphatic rings. The number of benzene rings is 2. The lowest BCUT2D eigenvalue weighted by Crippen LogP contribution is -2.55. The standard InChI is InChI=1S/C23H22N2O4S/c1-2-29-19-9-7-15(8-10-19)21-24-18(14-30-21)11-20(26)25-23(22(27)28)12-16-5-3-4-6-17(16)13-23/h3-10,14H,2,11-13H2,1H3,(H,25,26)(H,27,28). The van der Waals surface area contributed by atoms with Crippen LogP contribution in [0.5, 0.6) is 5.75 Å². The first-order chi connectivity index (χ1) is 14.5. The molecule has 0 spiro atoms. The molecule has 30 heavy (non-hydrogen) atoms. The van der Waals surface area contributed by atoms with Crippen molar-refractivity contribution in [1.82, 2.24) is 10.3 Å². The summed E-state index contributed by atoms with van der Waals surface area (Å²) in [7, 11) is 0. The van der Waals surface area contributed by atoms with E-state index in [1.165, 1.54) is 11.3 Å². The second-order valence-electron chi connectivity index (χ2n) is 7.34. The van der Waals surface area contributed by atoms with Gasteiger partial charge in [-0.25, -0.2) is 9.78 Å². The van der Waals surface area contributed by atoms with Crippen LogP contribution >= 0.6 is 11.3 Å². The van der Waals surface area contributed by atoms with Crippen LogP contribution in [0.15, 0.2) is 53.9 Å². The molecule has 4 rings (SSSR count). The number of ether oxygens (including phenoxy) is 1. The minimum Gasteiger partial charge on any atom is -0.494 e. The number of hydrogen-bond donors (Lipinski definition) is 2. The Morgan fingerprint density at radius 3 is 2.40 bits per heavy atom. The molecule has 154 valence electrons. The third kappa shape index (κ3) is 4.07. The number of nitrogens with one attached hydrogen (secondary N) is 1. The number of aliphatic carboxylic acids is 1. The molecule has 1 aliphatic carbocycles. The number of thiazole rings is 1. The fourth-order valence-electron chi connectivity index (χ4n) is 3.76. The maximum absolute atomic E-state index is 12.7. The molecule has 2 N–H and O–H groups in total. The van der Waals surface area contributed by atoms with Crippen molar-refractivity contribution in [2.75, 3.05) is 6.61 Å². The summed E-state index contributed by atoms with van der Waals surface area (Å²) in [5.41, 5.74) is 2.20. The molecule has 0 saturated heterocycles. The number of carbonyl (C=O) groups excluding carboxylic acids is 1. The molecule has 0 fully saturated rings. The van der Waals surface area contributed by atoms with E-state index in [1.54, 1.807) is 0 Å². The zero-order chi connectivity index (χ0) is 21.1. The van der Waals surface area contributed by atoms with Crippen LogP contribution in [-0.2, 0) is 28.9 Å². The van der Waals surface area contributed by atoms with E-state index in [-0.39, 0.29) is 12.3 Å². The van der Waals surface area contributed by atoms with Crippen molar-refractivity contribution >= 4 is 23.2 Å². The van der Waals surface area contributed by atoms with Gasteiger partial charge in [0, 0.05) is 23.8 Å². The molecule has 2 aromatic carbocycles. The highest BCUT2D eigenvalue weighted by molar-refractivity contribution is 7.13. The Morgan fingerprint density at radius 1 is 1.13 bits per heavy atom. The first kappa shape index (κ1) is 20.1. The average molecular weight is 423 g/mol. The monoisotopic (exact) mass is 422 g/mol. The minimum atomic E-state index is -1.30. The van der Waals surface area contributed by atoms with Crippen LogP contribution in [0.1, 0.15) is 23.7 Å². The largest absolute Gasteiger partial charge is 0.494 e. The van der Waals surface area contributed by atoms with Crippen molar-refractivity contribution in [3.8, 4) is 16.3 Å². The molecule has 7 heteroatoms. The Bertz CT molecular complexity index is 1050. The number of fused-ring (bicyclic) bond motifs is 1. The number of carboxylic acid groups (broad SMARTS) is 1. The van der Waals surface area contributed by atoms with Gasteiger partial charge in [0.25, 0.3) is 0 Å². The van der Waals surface area contributed by atoms with Gasteiger partial charge in [0.05, 0.1) is 18.7 Å². The van der Waals surface area contributed by atoms with E-state index in [1.807, 2.05) is 60.8 Å². The van der Waals surface area contributed by atoms with Gasteiger partial charge in [0.15, 0.2) is 0 Å². The molecule has 1 amide bonds. The van der Waals surface area contributed by atoms with Crippen molar-refractivity contribution in [3.63, 3.8) is 0 Å². The van der Waals surface area contributed by atoms with E-state index in [2.05, 4.69) is 10.3 Å². The van der Waals surface area contributed by atoms with E-state index < -0.39 is 11.5 Å². The normalized spacial score (nSPS) is 14.2. The Balaban J connectivity index is 1.44. The Kier molecular flexibility index (Phi) is 5.55. The Hall–Kier alpha value is -3.19. The van der Waals surface area contributed by atoms with Crippen LogP contribution < -0.4 is 10.1 Å². The number of rotatable bonds is 7. The number of nitrogens with zero attached hydrogens (tertiary/aromatic N) is 1. The summed E-state index contributed by atoms with van der Waals surface area (Å²) in [5.74, 6) is -0.553. The first-order valence-corrected chi connectivity index (χ1v) is 10.7. The zero-order valence-corrected chi connectivity index (χ0v) is 17.4. The van der Waals surface area contributed by atoms with E-state index in [4.69, 9.17) is 4.74 Å². The molecule has 6 nitrogen and oxygen atoms in total. The van der Waals surface area contributed by atoms with Crippen LogP contribution in [0, 0.1) is 0 Å². The van der Waals surface area contributed by atoms with Crippen LogP contribution in [0.3, 0.4) is 0 Å². The van der Waals surface area contributed by atoms with E-state index in [9.17, 15) is 14.7 Å². The zero-order valence-electron chi connectivity index (χ0n) is 16.6. The van der Waals surface area contributed by atoms with Gasteiger partial charge in [-0.1, -0.05) is 24.3 Å². The lowest BCUT2D eigenvalue weighted by Gasteiger charge is -2.25. The third-order valence-electron chi connectivity index (χ3n) is 5.20. The number of aromatic nitrogens is 1. The molecule has 0 aliphatic heterocycles. The van der Waals surface area contributed by atoms with Gasteiger partial charge < -0.3 is 15.2 Å². The van der Waals surface area contributed by atoms with Crippen molar-refractivity contribution in [3.05, 3.63) is 70.7 Å². The third-order valence-corrected chi connectivity index (χ3v) is 6.14. The number of amides is 1. The average Bonchev–Trinajstić information content (AvgIpc) is 3.33. The van der Waals surface area contributed by atoms with Crippen LogP contribution in [-0.4, -0.2) is 34.1 Å². The van der Waals surface area contributed by atoms with Gasteiger partial charge >= 0.3 is 5.97 Å². The van der Waals surface area contributed by atoms with Gasteiger partial charge in [0.2, 0.25) is 5.91 Å². The van der Waals surface area contributed by atoms with Gasteiger partial charge in [-0.2, -0.15) is 0 Å². The molecule has 0 atom stereocenters. The second-order valence-corrected chi connectivity index (χ2v) is 8.19. The molecule has 0 unspecified atom stereocenters. The smallest absolute Gasteiger partial charge is 0.330 e. The topological polar surface area (TPSA) is 88.5 Å². The molecule has 1 heterocycles. The minimum absolute atomic E-state index is 0.0406. The Labute approximate surface area is 178 Å². The van der Waals surface area contributed by atoms with Gasteiger partial charge in [-0.15, -0.1) is 11.3 Å². The summed E-state index contributed by atoms with van der Waals surface area (Å²) in [4.78, 5) is 29.2. The summed E-state index contributed by atoms with van der Waals surface area (Å²) >= 11 is 1.45. The highest BCUT2D eigenvalue weighted by Gasteiger charge is 2.45. The molecule has 1 aromatic heterocycles. The van der Waals surface area contributed by atoms with Crippen LogP contribution in [0.4, 0.5) is 0 Å². The molecular weight excluding hydrogens is 400 g/mol. The van der Waals surface area contributed by atoms with Crippen molar-refractivity contribution < 1.29 is 19.4 Å². The number of carbonyl (C=O) groups is 2. The number of carboxylic acids is 1. The summed E-state index contributed by atoms with van der Waals surface area (Å²) in [6, 6.07) is 15.2. The van der Waals surface area contributed by atoms with Crippen molar-refractivity contribution in [2.45, 2.75) is 31.7 Å². The Morgan fingerprint density at radius 2 is 1.80 bits per heavy atom. The molecule has 0 bridgehead atoms. The predicted octanol–water partition coefficient (Wildman–Crippen LogP) is 3.49. The molecule has 0 saturated carbocycles. The first-order valence-electron chi connectivity index (χ1n) is 9.78. The number of hydrogen-bond acceptors (Lipinski definition) is 5. The fraction of sp³-hybridized carbons (Fsp3) is 0.261. The maximum Gasteiger partial charge on any atom is 0.330 e. The molecule has 0 radical (unpaired) electrons. The lowest BCUT2D eigenvalue weighted by molar-refractivity contribution is -0.147. The second kappa shape index (κ2) is 8.28. The van der Waals surface area contributed by atoms with Crippen LogP contribution in [0.2, 0.25) is 0 Å². The fourth-order valence-corrected chi connectivity index (χ4v) is 4.59. The van der Waals surface area contributed by atoms with Crippen molar-refractivity contribution in [2.24, 2.45) is 0 Å². The summed E-state index contributed by atoms with van der Waals surface area (Å²) in [5, 5.41) is 15.2. The van der Waals surface area contributed by atoms with Crippen LogP contribution in [0.25, 0.3) is 10.6 Å². The summed E-state index contributed by atoms with van der Waals surface area (Å²) < 4.78 is 5.45. The summed E-state index contributed by atoms with van der Waals surface area (Å²) in [6.45, 7) is 2.55. The molecular formula is C23H22N2O4S. The highest BCUT2D eigenvalue weighted by Crippen LogP contribution is 2.31. The van der Waals surface area contributed by atoms with Gasteiger partial charge in [-0.3, -0.25) is 4.79 Å². The SMILES string of the molecule is CCOc1ccc(-c2nc(CC(=O)NC3(C(=O)O)Cc4ccccc4C3)cs2)cc1. The predicted molar refractivity (Wildman–Crippen MR) is 115 cm³/mol. The van der Waals surface area contributed by atoms with Crippen molar-refractivity contribution in [1.29, 1.82) is 0 Å². The quantitative estimate of drug-likeness (QED) is 0.609. The van der Waals surface area contributed by atoms with Gasteiger partial charge in [-0.05, 0) is 42.3 Å². The van der Waals surface area contributed by atoms with E-state index in [0.717, 1.165) is 27.4 Å². The van der Waals surface area contributed by atoms with E-state index in [0.29, 0.717) is 25.1 Å². The maximum atomic E-state index is 12.7. The van der Waals surface area contributed by atoms with Gasteiger partial charge in [0.1, 0.15) is 16.3 Å². The molecule has 3 aromatic rings. The van der Waals surface area contributed by atoms with E-state index >= 15 is 0 Å². The highest BCUT2D eigenvalue weighted by atomic mass is 32.1. The summed E-state index contributed by atoms with van der Waals surface area (Å²) in [6.07, 6.45) is 0.621. The lowest BCUT2D eigenvalue weighted by atomic mass is 9.95.